The van der Waals surface area contributed by atoms with Crippen LogP contribution in [0, 0.1) is 5.92 Å². The molecule has 15 heavy (non-hydrogen) atoms. The van der Waals surface area contributed by atoms with Gasteiger partial charge in [-0.15, -0.1) is 0 Å². The van der Waals surface area contributed by atoms with Crippen molar-refractivity contribution < 1.29 is 9.90 Å². The SMILES string of the molecule is O=C(O)C1CCC(N2CCCCC2)CC1. The molecule has 1 aliphatic heterocycles. The van der Waals surface area contributed by atoms with Crippen LogP contribution in [0.3, 0.4) is 0 Å². The Labute approximate surface area is 91.5 Å². The van der Waals surface area contributed by atoms with Gasteiger partial charge in [0.2, 0.25) is 0 Å². The molecule has 2 fully saturated rings. The Morgan fingerprint density at radius 1 is 1.00 bits per heavy atom. The van der Waals surface area contributed by atoms with Crippen LogP contribution in [0.2, 0.25) is 0 Å². The Morgan fingerprint density at radius 3 is 2.13 bits per heavy atom. The summed E-state index contributed by atoms with van der Waals surface area (Å²) in [5.41, 5.74) is 0. The molecule has 2 rings (SSSR count). The summed E-state index contributed by atoms with van der Waals surface area (Å²) in [6.45, 7) is 2.48. The van der Waals surface area contributed by atoms with Crippen molar-refractivity contribution in [3.8, 4) is 0 Å². The third-order valence-electron chi connectivity index (χ3n) is 3.95. The zero-order chi connectivity index (χ0) is 10.7. The summed E-state index contributed by atoms with van der Waals surface area (Å²) in [7, 11) is 0. The van der Waals surface area contributed by atoms with Crippen LogP contribution in [0.1, 0.15) is 44.9 Å². The topological polar surface area (TPSA) is 40.5 Å². The smallest absolute Gasteiger partial charge is 0.306 e. The van der Waals surface area contributed by atoms with Crippen LogP contribution >= 0.6 is 0 Å². The summed E-state index contributed by atoms with van der Waals surface area (Å²) in [6, 6.07) is 0.681. The monoisotopic (exact) mass is 211 g/mol. The average molecular weight is 211 g/mol. The molecule has 2 aliphatic rings. The standard InChI is InChI=1S/C12H21NO2/c14-12(15)10-4-6-11(7-5-10)13-8-2-1-3-9-13/h10-11H,1-9H2,(H,14,15). The van der Waals surface area contributed by atoms with Gasteiger partial charge in [-0.3, -0.25) is 4.79 Å². The molecule has 3 heteroatoms. The highest BCUT2D eigenvalue weighted by Crippen LogP contribution is 2.29. The fourth-order valence-electron chi connectivity index (χ4n) is 2.97. The van der Waals surface area contributed by atoms with Gasteiger partial charge >= 0.3 is 5.97 Å². The lowest BCUT2D eigenvalue weighted by Gasteiger charge is -2.38. The molecular formula is C12H21NO2. The third-order valence-corrected chi connectivity index (χ3v) is 3.95. The van der Waals surface area contributed by atoms with E-state index in [0.29, 0.717) is 6.04 Å². The van der Waals surface area contributed by atoms with Crippen LogP contribution in [-0.4, -0.2) is 35.1 Å². The van der Waals surface area contributed by atoms with Gasteiger partial charge in [0.25, 0.3) is 0 Å². The van der Waals surface area contributed by atoms with E-state index in [1.165, 1.54) is 32.4 Å². The van der Waals surface area contributed by atoms with Gasteiger partial charge in [0.05, 0.1) is 5.92 Å². The lowest BCUT2D eigenvalue weighted by Crippen LogP contribution is -2.42. The molecular weight excluding hydrogens is 190 g/mol. The van der Waals surface area contributed by atoms with Crippen LogP contribution < -0.4 is 0 Å². The second-order valence-corrected chi connectivity index (χ2v) is 4.94. The number of aliphatic carboxylic acids is 1. The molecule has 1 saturated heterocycles. The highest BCUT2D eigenvalue weighted by Gasteiger charge is 2.29. The largest absolute Gasteiger partial charge is 0.481 e. The number of piperidine rings is 1. The van der Waals surface area contributed by atoms with Crippen LogP contribution in [0.4, 0.5) is 0 Å². The first-order valence-corrected chi connectivity index (χ1v) is 6.24. The molecule has 0 aromatic heterocycles. The zero-order valence-corrected chi connectivity index (χ0v) is 9.32. The summed E-state index contributed by atoms with van der Waals surface area (Å²) in [5.74, 6) is -0.655. The Morgan fingerprint density at radius 2 is 1.60 bits per heavy atom. The van der Waals surface area contributed by atoms with Crippen molar-refractivity contribution in [2.75, 3.05) is 13.1 Å². The van der Waals surface area contributed by atoms with Crippen molar-refractivity contribution in [1.82, 2.24) is 4.90 Å². The Kier molecular flexibility index (Phi) is 3.62. The first kappa shape index (κ1) is 10.9. The lowest BCUT2D eigenvalue weighted by molar-refractivity contribution is -0.143. The van der Waals surface area contributed by atoms with Crippen LogP contribution in [0.5, 0.6) is 0 Å². The van der Waals surface area contributed by atoms with Gasteiger partial charge in [0.1, 0.15) is 0 Å². The van der Waals surface area contributed by atoms with E-state index in [1.54, 1.807) is 0 Å². The average Bonchev–Trinajstić information content (AvgIpc) is 2.30. The summed E-state index contributed by atoms with van der Waals surface area (Å²) in [6.07, 6.45) is 8.00. The molecule has 86 valence electrons. The van der Waals surface area contributed by atoms with Crippen LogP contribution in [0.15, 0.2) is 0 Å². The molecule has 0 bridgehead atoms. The molecule has 0 radical (unpaired) electrons. The normalized spacial score (nSPS) is 33.9. The van der Waals surface area contributed by atoms with Crippen molar-refractivity contribution in [2.24, 2.45) is 5.92 Å². The Balaban J connectivity index is 1.79. The van der Waals surface area contributed by atoms with E-state index in [0.717, 1.165) is 25.7 Å². The number of likely N-dealkylation sites (tertiary alicyclic amines) is 1. The molecule has 3 nitrogen and oxygen atoms in total. The number of hydrogen-bond acceptors (Lipinski definition) is 2. The molecule has 0 atom stereocenters. The summed E-state index contributed by atoms with van der Waals surface area (Å²) in [4.78, 5) is 13.4. The predicted molar refractivity (Wildman–Crippen MR) is 58.8 cm³/mol. The third kappa shape index (κ3) is 2.71. The number of nitrogens with zero attached hydrogens (tertiary/aromatic N) is 1. The summed E-state index contributed by atoms with van der Waals surface area (Å²) < 4.78 is 0. The molecule has 0 unspecified atom stereocenters. The van der Waals surface area contributed by atoms with E-state index in [1.807, 2.05) is 0 Å². The number of carboxylic acid groups (broad SMARTS) is 1. The highest BCUT2D eigenvalue weighted by atomic mass is 16.4. The Bertz CT molecular complexity index is 216. The van der Waals surface area contributed by atoms with Crippen LogP contribution in [-0.2, 0) is 4.79 Å². The molecule has 1 saturated carbocycles. The molecule has 0 spiro atoms. The minimum atomic E-state index is -0.591. The summed E-state index contributed by atoms with van der Waals surface area (Å²) in [5, 5.41) is 8.92. The maximum absolute atomic E-state index is 10.8. The van der Waals surface area contributed by atoms with Crippen molar-refractivity contribution >= 4 is 5.97 Å². The van der Waals surface area contributed by atoms with Gasteiger partial charge in [0, 0.05) is 6.04 Å². The second-order valence-electron chi connectivity index (χ2n) is 4.94. The van der Waals surface area contributed by atoms with E-state index in [2.05, 4.69) is 4.90 Å². The van der Waals surface area contributed by atoms with E-state index in [4.69, 9.17) is 5.11 Å². The van der Waals surface area contributed by atoms with Gasteiger partial charge in [0.15, 0.2) is 0 Å². The highest BCUT2D eigenvalue weighted by molar-refractivity contribution is 5.70. The minimum absolute atomic E-state index is 0.0639. The molecule has 0 amide bonds. The second kappa shape index (κ2) is 4.97. The predicted octanol–water partition coefficient (Wildman–Crippen LogP) is 2.12. The van der Waals surface area contributed by atoms with Gasteiger partial charge in [-0.25, -0.2) is 0 Å². The van der Waals surface area contributed by atoms with Gasteiger partial charge in [-0.2, -0.15) is 0 Å². The molecule has 1 heterocycles. The van der Waals surface area contributed by atoms with Gasteiger partial charge in [-0.1, -0.05) is 6.42 Å². The number of rotatable bonds is 2. The fourth-order valence-corrected chi connectivity index (χ4v) is 2.97. The number of carboxylic acids is 1. The van der Waals surface area contributed by atoms with E-state index in [9.17, 15) is 4.79 Å². The van der Waals surface area contributed by atoms with Crippen molar-refractivity contribution in [1.29, 1.82) is 0 Å². The van der Waals surface area contributed by atoms with Crippen molar-refractivity contribution in [3.05, 3.63) is 0 Å². The molecule has 0 aromatic carbocycles. The van der Waals surface area contributed by atoms with E-state index in [-0.39, 0.29) is 5.92 Å². The maximum atomic E-state index is 10.8. The number of hydrogen-bond donors (Lipinski definition) is 1. The van der Waals surface area contributed by atoms with Crippen molar-refractivity contribution in [2.45, 2.75) is 51.0 Å². The van der Waals surface area contributed by atoms with E-state index >= 15 is 0 Å². The van der Waals surface area contributed by atoms with Gasteiger partial charge in [-0.05, 0) is 51.6 Å². The van der Waals surface area contributed by atoms with Crippen molar-refractivity contribution in [3.63, 3.8) is 0 Å². The Hall–Kier alpha value is -0.570. The van der Waals surface area contributed by atoms with Gasteiger partial charge < -0.3 is 10.0 Å². The first-order valence-electron chi connectivity index (χ1n) is 6.24. The molecule has 0 aromatic rings. The minimum Gasteiger partial charge on any atom is -0.481 e. The molecule has 1 N–H and O–H groups in total. The molecule has 1 aliphatic carbocycles. The fraction of sp³-hybridized carbons (Fsp3) is 0.917. The summed E-state index contributed by atoms with van der Waals surface area (Å²) >= 11 is 0. The first-order chi connectivity index (χ1) is 7.27. The number of carbonyl (C=O) groups is 1. The zero-order valence-electron chi connectivity index (χ0n) is 9.32. The van der Waals surface area contributed by atoms with Crippen LogP contribution in [0.25, 0.3) is 0 Å². The maximum Gasteiger partial charge on any atom is 0.306 e. The van der Waals surface area contributed by atoms with E-state index < -0.39 is 5.97 Å². The quantitative estimate of drug-likeness (QED) is 0.760. The lowest BCUT2D eigenvalue weighted by atomic mass is 9.85.